The fraction of sp³-hybridized carbons (Fsp3) is 0.240. The lowest BCUT2D eigenvalue weighted by Gasteiger charge is -2.25. The molecule has 3 heterocycles. The van der Waals surface area contributed by atoms with Gasteiger partial charge in [-0.3, -0.25) is 9.36 Å². The molecule has 1 aliphatic rings. The quantitative estimate of drug-likeness (QED) is 0.458. The second kappa shape index (κ2) is 9.36. The molecule has 1 amide bonds. The minimum absolute atomic E-state index is 0.137. The summed E-state index contributed by atoms with van der Waals surface area (Å²) in [4.78, 5) is 21.6. The summed E-state index contributed by atoms with van der Waals surface area (Å²) in [5.74, 6) is 0.506. The van der Waals surface area contributed by atoms with Crippen LogP contribution in [0.2, 0.25) is 0 Å². The molecule has 4 aromatic rings. The summed E-state index contributed by atoms with van der Waals surface area (Å²) in [5, 5.41) is 2.84. The maximum absolute atomic E-state index is 12.8. The molecule has 0 radical (unpaired) electrons. The number of benzene rings is 2. The molecule has 0 spiro atoms. The summed E-state index contributed by atoms with van der Waals surface area (Å²) in [7, 11) is -3.47. The Kier molecular flexibility index (Phi) is 6.12. The molecule has 1 saturated heterocycles. The van der Waals surface area contributed by atoms with E-state index in [9.17, 15) is 13.2 Å². The van der Waals surface area contributed by atoms with Crippen molar-refractivity contribution in [3.05, 3.63) is 78.8 Å². The zero-order chi connectivity index (χ0) is 23.5. The summed E-state index contributed by atoms with van der Waals surface area (Å²) >= 11 is 0. The summed E-state index contributed by atoms with van der Waals surface area (Å²) in [6, 6.07) is 18.0. The third-order valence-corrected chi connectivity index (χ3v) is 7.89. The Bertz CT molecular complexity index is 1410. The van der Waals surface area contributed by atoms with Crippen LogP contribution in [0.3, 0.4) is 0 Å². The summed E-state index contributed by atoms with van der Waals surface area (Å²) in [6.07, 6.45) is 6.33. The van der Waals surface area contributed by atoms with Crippen LogP contribution in [0.1, 0.15) is 24.8 Å². The molecule has 8 nitrogen and oxygen atoms in total. The monoisotopic (exact) mass is 475 g/mol. The molecule has 5 rings (SSSR count). The topological polar surface area (TPSA) is 97.2 Å². The number of nitrogens with zero attached hydrogens (tertiary/aromatic N) is 4. The Morgan fingerprint density at radius 1 is 0.912 bits per heavy atom. The van der Waals surface area contributed by atoms with Gasteiger partial charge >= 0.3 is 0 Å². The van der Waals surface area contributed by atoms with Gasteiger partial charge in [0, 0.05) is 13.1 Å². The number of carbonyl (C=O) groups is 1. The smallest absolute Gasteiger partial charge is 0.243 e. The molecule has 0 saturated carbocycles. The van der Waals surface area contributed by atoms with E-state index in [0.717, 1.165) is 35.9 Å². The van der Waals surface area contributed by atoms with Gasteiger partial charge in [-0.2, -0.15) is 4.31 Å². The van der Waals surface area contributed by atoms with Crippen molar-refractivity contribution < 1.29 is 13.2 Å². The molecular formula is C25H25N5O3S. The first-order chi connectivity index (χ1) is 16.5. The van der Waals surface area contributed by atoms with Crippen molar-refractivity contribution in [2.75, 3.05) is 18.4 Å². The molecule has 1 aliphatic heterocycles. The van der Waals surface area contributed by atoms with Gasteiger partial charge in [0.25, 0.3) is 0 Å². The van der Waals surface area contributed by atoms with Crippen LogP contribution in [-0.4, -0.2) is 46.3 Å². The van der Waals surface area contributed by atoms with E-state index < -0.39 is 10.0 Å². The van der Waals surface area contributed by atoms with Gasteiger partial charge in [0.1, 0.15) is 12.1 Å². The molecule has 0 bridgehead atoms. The molecule has 9 heteroatoms. The van der Waals surface area contributed by atoms with Gasteiger partial charge in [-0.05, 0) is 54.8 Å². The first-order valence-electron chi connectivity index (χ1n) is 11.3. The summed E-state index contributed by atoms with van der Waals surface area (Å²) in [6.45, 7) is 1.13. The van der Waals surface area contributed by atoms with Gasteiger partial charge in [0.2, 0.25) is 15.9 Å². The number of anilines is 1. The van der Waals surface area contributed by atoms with Crippen LogP contribution in [0.15, 0.2) is 78.1 Å². The van der Waals surface area contributed by atoms with Crippen molar-refractivity contribution in [1.29, 1.82) is 0 Å². The fourth-order valence-electron chi connectivity index (χ4n) is 4.17. The average Bonchev–Trinajstić information content (AvgIpc) is 3.30. The molecule has 1 fully saturated rings. The highest BCUT2D eigenvalue weighted by molar-refractivity contribution is 7.89. The second-order valence-corrected chi connectivity index (χ2v) is 10.3. The third kappa shape index (κ3) is 4.57. The van der Waals surface area contributed by atoms with E-state index in [4.69, 9.17) is 0 Å². The number of rotatable bonds is 6. The van der Waals surface area contributed by atoms with Crippen molar-refractivity contribution in [3.63, 3.8) is 0 Å². The second-order valence-electron chi connectivity index (χ2n) is 8.34. The highest BCUT2D eigenvalue weighted by Gasteiger charge is 2.25. The molecule has 0 unspecified atom stereocenters. The van der Waals surface area contributed by atoms with E-state index in [1.807, 2.05) is 34.9 Å². The van der Waals surface area contributed by atoms with Crippen molar-refractivity contribution >= 4 is 32.7 Å². The number of aromatic nitrogens is 3. The molecular weight excluding hydrogens is 450 g/mol. The summed E-state index contributed by atoms with van der Waals surface area (Å²) in [5.41, 5.74) is 3.17. The van der Waals surface area contributed by atoms with Crippen LogP contribution >= 0.6 is 0 Å². The highest BCUT2D eigenvalue weighted by atomic mass is 32.2. The lowest BCUT2D eigenvalue weighted by Crippen LogP contribution is -2.35. The Morgan fingerprint density at radius 2 is 1.68 bits per heavy atom. The van der Waals surface area contributed by atoms with E-state index in [0.29, 0.717) is 24.6 Å². The van der Waals surface area contributed by atoms with Crippen LogP contribution in [0.25, 0.3) is 16.9 Å². The van der Waals surface area contributed by atoms with Crippen molar-refractivity contribution in [1.82, 2.24) is 18.8 Å². The lowest BCUT2D eigenvalue weighted by molar-refractivity contribution is -0.115. The van der Waals surface area contributed by atoms with E-state index in [-0.39, 0.29) is 17.2 Å². The van der Waals surface area contributed by atoms with Crippen LogP contribution in [0.4, 0.5) is 5.69 Å². The molecule has 2 aromatic carbocycles. The lowest BCUT2D eigenvalue weighted by atomic mass is 10.1. The molecule has 174 valence electrons. The number of amides is 1. The van der Waals surface area contributed by atoms with Crippen molar-refractivity contribution in [2.45, 2.75) is 30.6 Å². The molecule has 34 heavy (non-hydrogen) atoms. The van der Waals surface area contributed by atoms with Gasteiger partial charge in [-0.1, -0.05) is 30.7 Å². The number of carbonyl (C=O) groups excluding carboxylic acids is 1. The van der Waals surface area contributed by atoms with E-state index >= 15 is 0 Å². The maximum atomic E-state index is 12.8. The number of imidazole rings is 1. The fourth-order valence-corrected chi connectivity index (χ4v) is 5.69. The highest BCUT2D eigenvalue weighted by Crippen LogP contribution is 2.21. The Balaban J connectivity index is 1.22. The van der Waals surface area contributed by atoms with Crippen molar-refractivity contribution in [3.8, 4) is 5.82 Å². The van der Waals surface area contributed by atoms with Crippen LogP contribution in [-0.2, 0) is 21.2 Å². The zero-order valence-electron chi connectivity index (χ0n) is 18.6. The number of pyridine rings is 1. The minimum Gasteiger partial charge on any atom is -0.324 e. The Hall–Kier alpha value is -3.56. The van der Waals surface area contributed by atoms with Crippen LogP contribution < -0.4 is 5.32 Å². The number of hydrogen-bond donors (Lipinski definition) is 1. The predicted octanol–water partition coefficient (Wildman–Crippen LogP) is 3.78. The first kappa shape index (κ1) is 22.2. The number of piperidine rings is 1. The molecule has 1 N–H and O–H groups in total. The Labute approximate surface area is 198 Å². The standard InChI is InChI=1S/C25H25N5O3S/c31-25(16-19-8-11-21(12-9-19)34(32,33)29-14-4-1-5-15-29)28-20-10-13-24(26-17-20)30-18-27-22-6-2-3-7-23(22)30/h2-3,6-13,17-18H,1,4-5,14-16H2,(H,28,31). The minimum atomic E-state index is -3.47. The number of para-hydroxylation sites is 2. The van der Waals surface area contributed by atoms with Crippen LogP contribution in [0, 0.1) is 0 Å². The van der Waals surface area contributed by atoms with Gasteiger partial charge in [-0.15, -0.1) is 0 Å². The molecule has 2 aromatic heterocycles. The molecule has 0 atom stereocenters. The largest absolute Gasteiger partial charge is 0.324 e. The van der Waals surface area contributed by atoms with E-state index in [1.54, 1.807) is 47.2 Å². The summed E-state index contributed by atoms with van der Waals surface area (Å²) < 4.78 is 29.0. The molecule has 0 aliphatic carbocycles. The normalized spacial score (nSPS) is 14.8. The third-order valence-electron chi connectivity index (χ3n) is 5.97. The Morgan fingerprint density at radius 3 is 2.41 bits per heavy atom. The van der Waals surface area contributed by atoms with E-state index in [2.05, 4.69) is 15.3 Å². The zero-order valence-corrected chi connectivity index (χ0v) is 19.4. The van der Waals surface area contributed by atoms with Crippen LogP contribution in [0.5, 0.6) is 0 Å². The number of nitrogens with one attached hydrogen (secondary N) is 1. The average molecular weight is 476 g/mol. The van der Waals surface area contributed by atoms with Gasteiger partial charge < -0.3 is 5.32 Å². The van der Waals surface area contributed by atoms with E-state index in [1.165, 1.54) is 0 Å². The van der Waals surface area contributed by atoms with Gasteiger partial charge in [0.15, 0.2) is 0 Å². The van der Waals surface area contributed by atoms with Gasteiger partial charge in [-0.25, -0.2) is 18.4 Å². The predicted molar refractivity (Wildman–Crippen MR) is 130 cm³/mol. The van der Waals surface area contributed by atoms with Gasteiger partial charge in [0.05, 0.1) is 34.2 Å². The first-order valence-corrected chi connectivity index (χ1v) is 12.7. The number of fused-ring (bicyclic) bond motifs is 1. The number of hydrogen-bond acceptors (Lipinski definition) is 5. The van der Waals surface area contributed by atoms with Crippen molar-refractivity contribution in [2.24, 2.45) is 0 Å². The number of sulfonamides is 1. The maximum Gasteiger partial charge on any atom is 0.243 e. The SMILES string of the molecule is O=C(Cc1ccc(S(=O)(=O)N2CCCCC2)cc1)Nc1ccc(-n2cnc3ccccc32)nc1.